The van der Waals surface area contributed by atoms with Crippen molar-refractivity contribution in [2.75, 3.05) is 13.2 Å². The number of hydrogen-bond acceptors (Lipinski definition) is 5. The molecule has 2 aromatic carbocycles. The summed E-state index contributed by atoms with van der Waals surface area (Å²) in [5, 5.41) is 14.0. The van der Waals surface area contributed by atoms with Crippen molar-refractivity contribution in [1.82, 2.24) is 5.32 Å². The zero-order chi connectivity index (χ0) is 19.6. The SMILES string of the molecule is Cc1cc(C(=O)NC(c2ccc3c(c2)OCCO3)C(C)C)ccc1[N+](=O)[O-]. The fourth-order valence-electron chi connectivity index (χ4n) is 3.11. The minimum absolute atomic E-state index is 0.00112. The van der Waals surface area contributed by atoms with Gasteiger partial charge in [-0.15, -0.1) is 0 Å². The maximum atomic E-state index is 12.7. The van der Waals surface area contributed by atoms with Crippen molar-refractivity contribution in [1.29, 1.82) is 0 Å². The highest BCUT2D eigenvalue weighted by molar-refractivity contribution is 5.95. The normalized spacial score (nSPS) is 13.9. The van der Waals surface area contributed by atoms with Crippen LogP contribution < -0.4 is 14.8 Å². The van der Waals surface area contributed by atoms with Crippen LogP contribution in [-0.2, 0) is 0 Å². The van der Waals surface area contributed by atoms with E-state index in [0.29, 0.717) is 35.8 Å². The lowest BCUT2D eigenvalue weighted by molar-refractivity contribution is -0.385. The van der Waals surface area contributed by atoms with Crippen molar-refractivity contribution in [3.8, 4) is 11.5 Å². The zero-order valence-electron chi connectivity index (χ0n) is 15.5. The Balaban J connectivity index is 1.83. The molecule has 7 nitrogen and oxygen atoms in total. The number of amides is 1. The Labute approximate surface area is 157 Å². The molecule has 0 aromatic heterocycles. The average molecular weight is 370 g/mol. The van der Waals surface area contributed by atoms with Gasteiger partial charge in [-0.1, -0.05) is 19.9 Å². The van der Waals surface area contributed by atoms with Crippen molar-refractivity contribution in [2.24, 2.45) is 5.92 Å². The van der Waals surface area contributed by atoms with E-state index in [1.165, 1.54) is 18.2 Å². The van der Waals surface area contributed by atoms with Gasteiger partial charge in [0, 0.05) is 17.2 Å². The molecule has 0 fully saturated rings. The van der Waals surface area contributed by atoms with Gasteiger partial charge in [-0.3, -0.25) is 14.9 Å². The van der Waals surface area contributed by atoms with E-state index >= 15 is 0 Å². The standard InChI is InChI=1S/C20H22N2O5/c1-12(2)19(14-5-7-17-18(11-14)27-9-8-26-17)21-20(23)15-4-6-16(22(24)25)13(3)10-15/h4-7,10-12,19H,8-9H2,1-3H3,(H,21,23). The minimum atomic E-state index is -0.455. The Kier molecular flexibility index (Phi) is 5.30. The smallest absolute Gasteiger partial charge is 0.272 e. The number of aryl methyl sites for hydroxylation is 1. The van der Waals surface area contributed by atoms with Crippen molar-refractivity contribution in [2.45, 2.75) is 26.8 Å². The first kappa shape index (κ1) is 18.7. The third-order valence-corrected chi connectivity index (χ3v) is 4.53. The molecule has 27 heavy (non-hydrogen) atoms. The third kappa shape index (κ3) is 4.02. The quantitative estimate of drug-likeness (QED) is 0.638. The third-order valence-electron chi connectivity index (χ3n) is 4.53. The summed E-state index contributed by atoms with van der Waals surface area (Å²) in [6.45, 7) is 6.68. The summed E-state index contributed by atoms with van der Waals surface area (Å²) in [5.74, 6) is 1.23. The molecule has 1 atom stereocenters. The summed E-state index contributed by atoms with van der Waals surface area (Å²) < 4.78 is 11.2. The molecule has 1 aliphatic rings. The van der Waals surface area contributed by atoms with E-state index in [1.54, 1.807) is 6.92 Å². The highest BCUT2D eigenvalue weighted by Gasteiger charge is 2.23. The Morgan fingerprint density at radius 2 is 1.81 bits per heavy atom. The van der Waals surface area contributed by atoms with Gasteiger partial charge in [-0.25, -0.2) is 0 Å². The first-order valence-electron chi connectivity index (χ1n) is 8.82. The highest BCUT2D eigenvalue weighted by Crippen LogP contribution is 2.34. The van der Waals surface area contributed by atoms with Gasteiger partial charge < -0.3 is 14.8 Å². The van der Waals surface area contributed by atoms with Crippen LogP contribution in [0, 0.1) is 23.0 Å². The average Bonchev–Trinajstić information content (AvgIpc) is 2.64. The number of fused-ring (bicyclic) bond motifs is 1. The molecule has 2 aromatic rings. The van der Waals surface area contributed by atoms with Crippen molar-refractivity contribution in [3.05, 3.63) is 63.2 Å². The lowest BCUT2D eigenvalue weighted by Gasteiger charge is -2.25. The number of hydrogen-bond donors (Lipinski definition) is 1. The molecule has 1 aliphatic heterocycles. The predicted octanol–water partition coefficient (Wildman–Crippen LogP) is 3.80. The van der Waals surface area contributed by atoms with E-state index in [-0.39, 0.29) is 23.6 Å². The van der Waals surface area contributed by atoms with Crippen molar-refractivity contribution >= 4 is 11.6 Å². The van der Waals surface area contributed by atoms with Gasteiger partial charge in [0.1, 0.15) is 13.2 Å². The van der Waals surface area contributed by atoms with E-state index in [0.717, 1.165) is 5.56 Å². The van der Waals surface area contributed by atoms with Crippen LogP contribution in [0.5, 0.6) is 11.5 Å². The van der Waals surface area contributed by atoms with Crippen LogP contribution in [0.2, 0.25) is 0 Å². The van der Waals surface area contributed by atoms with Gasteiger partial charge in [0.15, 0.2) is 11.5 Å². The second-order valence-electron chi connectivity index (χ2n) is 6.86. The first-order valence-corrected chi connectivity index (χ1v) is 8.82. The van der Waals surface area contributed by atoms with Crippen LogP contribution in [-0.4, -0.2) is 24.0 Å². The second-order valence-corrected chi connectivity index (χ2v) is 6.86. The number of nitro groups is 1. The number of nitrogens with zero attached hydrogens (tertiary/aromatic N) is 1. The van der Waals surface area contributed by atoms with E-state index in [2.05, 4.69) is 5.32 Å². The molecular formula is C20H22N2O5. The molecule has 1 N–H and O–H groups in total. The summed E-state index contributed by atoms with van der Waals surface area (Å²) in [6.07, 6.45) is 0. The monoisotopic (exact) mass is 370 g/mol. The molecule has 1 heterocycles. The van der Waals surface area contributed by atoms with E-state index in [1.807, 2.05) is 32.0 Å². The molecule has 1 unspecified atom stereocenters. The Morgan fingerprint density at radius 3 is 2.44 bits per heavy atom. The molecule has 0 radical (unpaired) electrons. The molecule has 0 saturated carbocycles. The maximum Gasteiger partial charge on any atom is 0.272 e. The molecular weight excluding hydrogens is 348 g/mol. The molecule has 142 valence electrons. The minimum Gasteiger partial charge on any atom is -0.486 e. The van der Waals surface area contributed by atoms with Crippen molar-refractivity contribution in [3.63, 3.8) is 0 Å². The predicted molar refractivity (Wildman–Crippen MR) is 100 cm³/mol. The number of nitrogens with one attached hydrogen (secondary N) is 1. The fourth-order valence-corrected chi connectivity index (χ4v) is 3.11. The molecule has 1 amide bonds. The van der Waals surface area contributed by atoms with Crippen LogP contribution in [0.1, 0.15) is 41.4 Å². The Hall–Kier alpha value is -3.09. The molecule has 0 spiro atoms. The first-order chi connectivity index (χ1) is 12.9. The number of ether oxygens (including phenoxy) is 2. The molecule has 0 bridgehead atoms. The number of nitro benzene ring substituents is 1. The summed E-state index contributed by atoms with van der Waals surface area (Å²) in [6, 6.07) is 9.79. The number of carbonyl (C=O) groups is 1. The van der Waals surface area contributed by atoms with Gasteiger partial charge in [0.05, 0.1) is 11.0 Å². The van der Waals surface area contributed by atoms with Gasteiger partial charge in [0.2, 0.25) is 0 Å². The largest absolute Gasteiger partial charge is 0.486 e. The fraction of sp³-hybridized carbons (Fsp3) is 0.350. The van der Waals surface area contributed by atoms with Gasteiger partial charge in [-0.2, -0.15) is 0 Å². The van der Waals surface area contributed by atoms with Gasteiger partial charge in [-0.05, 0) is 42.7 Å². The van der Waals surface area contributed by atoms with Crippen LogP contribution in [0.4, 0.5) is 5.69 Å². The lowest BCUT2D eigenvalue weighted by Crippen LogP contribution is -2.32. The topological polar surface area (TPSA) is 90.7 Å². The van der Waals surface area contributed by atoms with Gasteiger partial charge >= 0.3 is 0 Å². The summed E-state index contributed by atoms with van der Waals surface area (Å²) in [5.41, 5.74) is 1.76. The van der Waals surface area contributed by atoms with Gasteiger partial charge in [0.25, 0.3) is 11.6 Å². The van der Waals surface area contributed by atoms with E-state index < -0.39 is 4.92 Å². The molecule has 3 rings (SSSR count). The Bertz CT molecular complexity index is 879. The summed E-state index contributed by atoms with van der Waals surface area (Å²) in [4.78, 5) is 23.2. The number of benzene rings is 2. The number of rotatable bonds is 5. The van der Waals surface area contributed by atoms with E-state index in [9.17, 15) is 14.9 Å². The van der Waals surface area contributed by atoms with Crippen LogP contribution in [0.3, 0.4) is 0 Å². The molecule has 0 saturated heterocycles. The Morgan fingerprint density at radius 1 is 1.11 bits per heavy atom. The molecule has 0 aliphatic carbocycles. The zero-order valence-corrected chi connectivity index (χ0v) is 15.5. The highest BCUT2D eigenvalue weighted by atomic mass is 16.6. The van der Waals surface area contributed by atoms with E-state index in [4.69, 9.17) is 9.47 Å². The maximum absolute atomic E-state index is 12.7. The van der Waals surface area contributed by atoms with Crippen LogP contribution >= 0.6 is 0 Å². The second kappa shape index (κ2) is 7.65. The summed E-state index contributed by atoms with van der Waals surface area (Å²) in [7, 11) is 0. The lowest BCUT2D eigenvalue weighted by atomic mass is 9.95. The van der Waals surface area contributed by atoms with Crippen LogP contribution in [0.25, 0.3) is 0 Å². The summed E-state index contributed by atoms with van der Waals surface area (Å²) >= 11 is 0. The van der Waals surface area contributed by atoms with Crippen LogP contribution in [0.15, 0.2) is 36.4 Å². The molecule has 7 heteroatoms. The van der Waals surface area contributed by atoms with Crippen molar-refractivity contribution < 1.29 is 19.2 Å². The number of carbonyl (C=O) groups excluding carboxylic acids is 1.